The summed E-state index contributed by atoms with van der Waals surface area (Å²) < 4.78 is 0. The molecule has 1 unspecified atom stereocenters. The van der Waals surface area contributed by atoms with Crippen LogP contribution in [0.25, 0.3) is 0 Å². The lowest BCUT2D eigenvalue weighted by atomic mass is 10.1. The number of carboxylic acids is 1. The van der Waals surface area contributed by atoms with Crippen LogP contribution in [0.2, 0.25) is 0 Å². The van der Waals surface area contributed by atoms with Gasteiger partial charge in [-0.1, -0.05) is 19.1 Å². The second-order valence-electron chi connectivity index (χ2n) is 3.74. The molecule has 0 bridgehead atoms. The summed E-state index contributed by atoms with van der Waals surface area (Å²) in [6, 6.07) is 6.74. The quantitative estimate of drug-likeness (QED) is 0.623. The summed E-state index contributed by atoms with van der Waals surface area (Å²) in [5.41, 5.74) is 1.76. The Labute approximate surface area is 105 Å². The van der Waals surface area contributed by atoms with E-state index in [4.69, 9.17) is 10.2 Å². The molecule has 2 amide bonds. The molecule has 0 fully saturated rings. The highest BCUT2D eigenvalue weighted by Gasteiger charge is 2.13. The van der Waals surface area contributed by atoms with Gasteiger partial charge in [-0.2, -0.15) is 0 Å². The van der Waals surface area contributed by atoms with Crippen molar-refractivity contribution in [2.45, 2.75) is 19.4 Å². The molecule has 0 aliphatic heterocycles. The van der Waals surface area contributed by atoms with E-state index in [0.717, 1.165) is 12.0 Å². The lowest BCUT2D eigenvalue weighted by molar-refractivity contribution is -0.146. The minimum atomic E-state index is -1.60. The van der Waals surface area contributed by atoms with E-state index < -0.39 is 18.1 Å². The molecule has 98 valence electrons. The van der Waals surface area contributed by atoms with E-state index >= 15 is 0 Å². The van der Waals surface area contributed by atoms with Crippen LogP contribution in [0, 0.1) is 0 Å². The van der Waals surface area contributed by atoms with Gasteiger partial charge in [0.15, 0.2) is 6.10 Å². The third-order valence-electron chi connectivity index (χ3n) is 2.36. The number of hydrogen-bond donors (Lipinski definition) is 4. The van der Waals surface area contributed by atoms with Crippen molar-refractivity contribution in [2.75, 3.05) is 11.9 Å². The number of hydrogen-bond acceptors (Lipinski definition) is 3. The SMILES string of the molecule is CCc1ccc(NC(=O)NCC(O)C(=O)O)cc1. The van der Waals surface area contributed by atoms with Crippen molar-refractivity contribution in [1.29, 1.82) is 0 Å². The van der Waals surface area contributed by atoms with Gasteiger partial charge >= 0.3 is 12.0 Å². The Balaban J connectivity index is 2.42. The Morgan fingerprint density at radius 3 is 2.39 bits per heavy atom. The van der Waals surface area contributed by atoms with Gasteiger partial charge in [-0.25, -0.2) is 9.59 Å². The standard InChI is InChI=1S/C12H16N2O4/c1-2-8-3-5-9(6-4-8)14-12(18)13-7-10(15)11(16)17/h3-6,10,15H,2,7H2,1H3,(H,16,17)(H2,13,14,18). The molecule has 6 nitrogen and oxygen atoms in total. The van der Waals surface area contributed by atoms with Crippen molar-refractivity contribution in [3.05, 3.63) is 29.8 Å². The van der Waals surface area contributed by atoms with E-state index in [-0.39, 0.29) is 6.54 Å². The van der Waals surface area contributed by atoms with Gasteiger partial charge in [0.05, 0.1) is 6.54 Å². The third-order valence-corrected chi connectivity index (χ3v) is 2.36. The molecule has 0 saturated heterocycles. The second-order valence-corrected chi connectivity index (χ2v) is 3.74. The van der Waals surface area contributed by atoms with Gasteiger partial charge < -0.3 is 20.8 Å². The summed E-state index contributed by atoms with van der Waals surface area (Å²) in [6.45, 7) is 1.69. The maximum Gasteiger partial charge on any atom is 0.334 e. The number of aryl methyl sites for hydroxylation is 1. The van der Waals surface area contributed by atoms with Crippen molar-refractivity contribution >= 4 is 17.7 Å². The van der Waals surface area contributed by atoms with Gasteiger partial charge in [-0.05, 0) is 24.1 Å². The topological polar surface area (TPSA) is 98.7 Å². The zero-order chi connectivity index (χ0) is 13.5. The van der Waals surface area contributed by atoms with E-state index in [1.165, 1.54) is 0 Å². The van der Waals surface area contributed by atoms with Crippen LogP contribution in [0.15, 0.2) is 24.3 Å². The van der Waals surface area contributed by atoms with Gasteiger partial charge in [-0.3, -0.25) is 0 Å². The molecule has 0 aliphatic carbocycles. The van der Waals surface area contributed by atoms with Crippen LogP contribution in [0.1, 0.15) is 12.5 Å². The smallest absolute Gasteiger partial charge is 0.334 e. The molecular weight excluding hydrogens is 236 g/mol. The molecule has 18 heavy (non-hydrogen) atoms. The number of carbonyl (C=O) groups excluding carboxylic acids is 1. The maximum atomic E-state index is 11.4. The molecule has 0 spiro atoms. The summed E-state index contributed by atoms with van der Waals surface area (Å²) in [7, 11) is 0. The number of rotatable bonds is 5. The molecule has 1 atom stereocenters. The summed E-state index contributed by atoms with van der Waals surface area (Å²) in [6.07, 6.45) is -0.685. The molecule has 0 aliphatic rings. The second kappa shape index (κ2) is 6.61. The van der Waals surface area contributed by atoms with Crippen LogP contribution in [-0.4, -0.2) is 34.9 Å². The number of benzene rings is 1. The number of aliphatic hydroxyl groups excluding tert-OH is 1. The van der Waals surface area contributed by atoms with Crippen molar-refractivity contribution < 1.29 is 19.8 Å². The number of carboxylic acid groups (broad SMARTS) is 1. The van der Waals surface area contributed by atoms with Crippen molar-refractivity contribution in [1.82, 2.24) is 5.32 Å². The molecular formula is C12H16N2O4. The average Bonchev–Trinajstić information content (AvgIpc) is 2.36. The fourth-order valence-corrected chi connectivity index (χ4v) is 1.28. The lowest BCUT2D eigenvalue weighted by Crippen LogP contribution is -2.38. The number of nitrogens with one attached hydrogen (secondary N) is 2. The predicted molar refractivity (Wildman–Crippen MR) is 66.5 cm³/mol. The average molecular weight is 252 g/mol. The van der Waals surface area contributed by atoms with Gasteiger partial charge in [-0.15, -0.1) is 0 Å². The summed E-state index contributed by atoms with van der Waals surface area (Å²) >= 11 is 0. The van der Waals surface area contributed by atoms with E-state index in [2.05, 4.69) is 10.6 Å². The number of aliphatic hydroxyl groups is 1. The molecule has 0 saturated carbocycles. The Morgan fingerprint density at radius 1 is 1.28 bits per heavy atom. The highest BCUT2D eigenvalue weighted by Crippen LogP contribution is 2.09. The first kappa shape index (κ1) is 14.0. The fraction of sp³-hybridized carbons (Fsp3) is 0.333. The normalized spacial score (nSPS) is 11.7. The van der Waals surface area contributed by atoms with Crippen LogP contribution >= 0.6 is 0 Å². The van der Waals surface area contributed by atoms with Crippen LogP contribution in [-0.2, 0) is 11.2 Å². The molecule has 0 radical (unpaired) electrons. The molecule has 1 aromatic rings. The number of anilines is 1. The Hall–Kier alpha value is -2.08. The van der Waals surface area contributed by atoms with E-state index in [9.17, 15) is 9.59 Å². The first-order chi connectivity index (χ1) is 8.52. The largest absolute Gasteiger partial charge is 0.479 e. The lowest BCUT2D eigenvalue weighted by Gasteiger charge is -2.09. The highest BCUT2D eigenvalue weighted by molar-refractivity contribution is 5.89. The number of urea groups is 1. The molecule has 0 aromatic heterocycles. The van der Waals surface area contributed by atoms with Crippen molar-refractivity contribution in [2.24, 2.45) is 0 Å². The van der Waals surface area contributed by atoms with Crippen molar-refractivity contribution in [3.8, 4) is 0 Å². The first-order valence-corrected chi connectivity index (χ1v) is 5.57. The van der Waals surface area contributed by atoms with E-state index in [0.29, 0.717) is 5.69 Å². The number of amides is 2. The zero-order valence-corrected chi connectivity index (χ0v) is 10.0. The third kappa shape index (κ3) is 4.42. The van der Waals surface area contributed by atoms with Crippen LogP contribution in [0.4, 0.5) is 10.5 Å². The van der Waals surface area contributed by atoms with Gasteiger partial charge in [0.2, 0.25) is 0 Å². The fourth-order valence-electron chi connectivity index (χ4n) is 1.28. The van der Waals surface area contributed by atoms with Gasteiger partial charge in [0, 0.05) is 5.69 Å². The molecule has 1 rings (SSSR count). The van der Waals surface area contributed by atoms with Gasteiger partial charge in [0.1, 0.15) is 0 Å². The van der Waals surface area contributed by atoms with Crippen molar-refractivity contribution in [3.63, 3.8) is 0 Å². The number of carbonyl (C=O) groups is 2. The monoisotopic (exact) mass is 252 g/mol. The van der Waals surface area contributed by atoms with Crippen LogP contribution < -0.4 is 10.6 Å². The summed E-state index contributed by atoms with van der Waals surface area (Å²) in [5.74, 6) is -1.37. The van der Waals surface area contributed by atoms with Crippen LogP contribution in [0.3, 0.4) is 0 Å². The maximum absolute atomic E-state index is 11.4. The number of aliphatic carboxylic acids is 1. The zero-order valence-electron chi connectivity index (χ0n) is 10.0. The summed E-state index contributed by atoms with van der Waals surface area (Å²) in [5, 5.41) is 22.2. The highest BCUT2D eigenvalue weighted by atomic mass is 16.4. The Kier molecular flexibility index (Phi) is 5.13. The summed E-state index contributed by atoms with van der Waals surface area (Å²) in [4.78, 5) is 21.7. The van der Waals surface area contributed by atoms with Gasteiger partial charge in [0.25, 0.3) is 0 Å². The first-order valence-electron chi connectivity index (χ1n) is 5.57. The minimum Gasteiger partial charge on any atom is -0.479 e. The van der Waals surface area contributed by atoms with E-state index in [1.807, 2.05) is 19.1 Å². The molecule has 4 N–H and O–H groups in total. The Bertz CT molecular complexity index is 417. The minimum absolute atomic E-state index is 0.339. The molecule has 6 heteroatoms. The van der Waals surface area contributed by atoms with Crippen LogP contribution in [0.5, 0.6) is 0 Å². The molecule has 0 heterocycles. The molecule has 1 aromatic carbocycles. The Morgan fingerprint density at radius 2 is 1.89 bits per heavy atom. The van der Waals surface area contributed by atoms with E-state index in [1.54, 1.807) is 12.1 Å². The predicted octanol–water partition coefficient (Wildman–Crippen LogP) is 0.816.